The zero-order valence-electron chi connectivity index (χ0n) is 14.5. The fourth-order valence-corrected chi connectivity index (χ4v) is 3.87. The molecule has 2 heterocycles. The van der Waals surface area contributed by atoms with Crippen molar-refractivity contribution < 1.29 is 9.53 Å². The number of hydrogen-bond donors (Lipinski definition) is 0. The monoisotopic (exact) mass is 379 g/mol. The van der Waals surface area contributed by atoms with E-state index in [-0.39, 0.29) is 5.91 Å². The maximum absolute atomic E-state index is 12.8. The van der Waals surface area contributed by atoms with Crippen molar-refractivity contribution in [1.82, 2.24) is 14.8 Å². The predicted octanol–water partition coefficient (Wildman–Crippen LogP) is 3.46. The SMILES string of the molecule is CCN1CCN(C(=O)c2sc(COc3ccc(Cl)cc3)nc2C)CC1. The number of aryl methyl sites for hydroxylation is 1. The number of thiazole rings is 1. The van der Waals surface area contributed by atoms with Gasteiger partial charge in [0.15, 0.2) is 0 Å². The van der Waals surface area contributed by atoms with Crippen molar-refractivity contribution in [2.45, 2.75) is 20.5 Å². The number of carbonyl (C=O) groups is 1. The summed E-state index contributed by atoms with van der Waals surface area (Å²) >= 11 is 7.29. The first-order chi connectivity index (χ1) is 12.1. The molecule has 3 rings (SSSR count). The molecule has 1 amide bonds. The van der Waals surface area contributed by atoms with E-state index in [1.165, 1.54) is 11.3 Å². The number of ether oxygens (including phenoxy) is 1. The summed E-state index contributed by atoms with van der Waals surface area (Å²) in [5.74, 6) is 0.823. The Balaban J connectivity index is 1.61. The number of piperazine rings is 1. The number of likely N-dealkylation sites (N-methyl/N-ethyl adjacent to an activating group) is 1. The quantitative estimate of drug-likeness (QED) is 0.798. The third-order valence-electron chi connectivity index (χ3n) is 4.32. The lowest BCUT2D eigenvalue weighted by Crippen LogP contribution is -2.48. The predicted molar refractivity (Wildman–Crippen MR) is 101 cm³/mol. The summed E-state index contributed by atoms with van der Waals surface area (Å²) in [5, 5.41) is 1.48. The first kappa shape index (κ1) is 18.2. The lowest BCUT2D eigenvalue weighted by atomic mass is 10.2. The maximum atomic E-state index is 12.8. The zero-order valence-corrected chi connectivity index (χ0v) is 16.1. The van der Waals surface area contributed by atoms with Crippen molar-refractivity contribution in [2.75, 3.05) is 32.7 Å². The van der Waals surface area contributed by atoms with Gasteiger partial charge in [-0.2, -0.15) is 0 Å². The molecule has 0 spiro atoms. The average molecular weight is 380 g/mol. The molecule has 0 unspecified atom stereocenters. The van der Waals surface area contributed by atoms with Crippen LogP contribution < -0.4 is 4.74 Å². The number of benzene rings is 1. The Labute approximate surface area is 157 Å². The molecule has 0 radical (unpaired) electrons. The van der Waals surface area contributed by atoms with Crippen LogP contribution in [0, 0.1) is 6.92 Å². The fourth-order valence-electron chi connectivity index (χ4n) is 2.80. The van der Waals surface area contributed by atoms with Gasteiger partial charge in [0.25, 0.3) is 5.91 Å². The van der Waals surface area contributed by atoms with Crippen LogP contribution in [0.25, 0.3) is 0 Å². The number of carbonyl (C=O) groups excluding carboxylic acids is 1. The Morgan fingerprint density at radius 2 is 1.92 bits per heavy atom. The van der Waals surface area contributed by atoms with Gasteiger partial charge < -0.3 is 14.5 Å². The second-order valence-corrected chi connectivity index (χ2v) is 7.51. The van der Waals surface area contributed by atoms with Gasteiger partial charge in [-0.25, -0.2) is 4.98 Å². The van der Waals surface area contributed by atoms with Gasteiger partial charge in [-0.1, -0.05) is 18.5 Å². The molecule has 1 aliphatic rings. The van der Waals surface area contributed by atoms with Crippen LogP contribution in [0.2, 0.25) is 5.02 Å². The van der Waals surface area contributed by atoms with E-state index in [2.05, 4.69) is 16.8 Å². The summed E-state index contributed by atoms with van der Waals surface area (Å²) in [6.07, 6.45) is 0. The summed E-state index contributed by atoms with van der Waals surface area (Å²) in [7, 11) is 0. The molecule has 1 aliphatic heterocycles. The number of aromatic nitrogens is 1. The Morgan fingerprint density at radius 1 is 1.24 bits per heavy atom. The van der Waals surface area contributed by atoms with Crippen molar-refractivity contribution in [2.24, 2.45) is 0 Å². The number of halogens is 1. The number of hydrogen-bond acceptors (Lipinski definition) is 5. The highest BCUT2D eigenvalue weighted by Gasteiger charge is 2.24. The van der Waals surface area contributed by atoms with Crippen LogP contribution in [0.3, 0.4) is 0 Å². The van der Waals surface area contributed by atoms with Gasteiger partial charge in [-0.3, -0.25) is 4.79 Å². The third kappa shape index (κ3) is 4.51. The largest absolute Gasteiger partial charge is 0.486 e. The maximum Gasteiger partial charge on any atom is 0.265 e. The molecular formula is C18H22ClN3O2S. The van der Waals surface area contributed by atoms with Crippen molar-refractivity contribution in [3.8, 4) is 5.75 Å². The van der Waals surface area contributed by atoms with Crippen LogP contribution in [-0.2, 0) is 6.61 Å². The summed E-state index contributed by atoms with van der Waals surface area (Å²) in [5.41, 5.74) is 0.780. The normalized spacial score (nSPS) is 15.4. The fraction of sp³-hybridized carbons (Fsp3) is 0.444. The lowest BCUT2D eigenvalue weighted by Gasteiger charge is -2.33. The highest BCUT2D eigenvalue weighted by atomic mass is 35.5. The molecule has 1 fully saturated rings. The van der Waals surface area contributed by atoms with E-state index < -0.39 is 0 Å². The molecule has 2 aromatic rings. The summed E-state index contributed by atoms with van der Waals surface area (Å²) in [4.78, 5) is 22.3. The van der Waals surface area contributed by atoms with Crippen LogP contribution in [0.15, 0.2) is 24.3 Å². The van der Waals surface area contributed by atoms with E-state index in [1.54, 1.807) is 12.1 Å². The minimum Gasteiger partial charge on any atom is -0.486 e. The van der Waals surface area contributed by atoms with Gasteiger partial charge >= 0.3 is 0 Å². The minimum atomic E-state index is 0.0866. The lowest BCUT2D eigenvalue weighted by molar-refractivity contribution is 0.0647. The number of nitrogens with zero attached hydrogens (tertiary/aromatic N) is 3. The molecule has 1 saturated heterocycles. The van der Waals surface area contributed by atoms with Crippen LogP contribution >= 0.6 is 22.9 Å². The Bertz CT molecular complexity index is 724. The van der Waals surface area contributed by atoms with Crippen molar-refractivity contribution in [3.05, 3.63) is 44.9 Å². The molecule has 0 aliphatic carbocycles. The van der Waals surface area contributed by atoms with Crippen molar-refractivity contribution >= 4 is 28.8 Å². The van der Waals surface area contributed by atoms with Crippen molar-refractivity contribution in [3.63, 3.8) is 0 Å². The minimum absolute atomic E-state index is 0.0866. The molecule has 7 heteroatoms. The van der Waals surface area contributed by atoms with Crippen molar-refractivity contribution in [1.29, 1.82) is 0 Å². The van der Waals surface area contributed by atoms with E-state index in [0.29, 0.717) is 11.6 Å². The molecule has 0 bridgehead atoms. The molecular weight excluding hydrogens is 358 g/mol. The first-order valence-electron chi connectivity index (χ1n) is 8.43. The molecule has 1 aromatic heterocycles. The molecule has 1 aromatic carbocycles. The van der Waals surface area contributed by atoms with E-state index in [0.717, 1.165) is 54.1 Å². The van der Waals surface area contributed by atoms with Crippen LogP contribution in [0.5, 0.6) is 5.75 Å². The average Bonchev–Trinajstić information content (AvgIpc) is 3.01. The first-order valence-corrected chi connectivity index (χ1v) is 9.62. The Hall–Kier alpha value is -1.63. The van der Waals surface area contributed by atoms with Gasteiger partial charge in [-0.05, 0) is 37.7 Å². The Kier molecular flexibility index (Phi) is 5.93. The number of rotatable bonds is 5. The second-order valence-electron chi connectivity index (χ2n) is 5.99. The van der Waals surface area contributed by atoms with E-state index in [1.807, 2.05) is 24.0 Å². The Morgan fingerprint density at radius 3 is 2.56 bits per heavy atom. The van der Waals surface area contributed by atoms with Gasteiger partial charge in [0.05, 0.1) is 5.69 Å². The summed E-state index contributed by atoms with van der Waals surface area (Å²) in [6, 6.07) is 7.22. The third-order valence-corrected chi connectivity index (χ3v) is 5.69. The van der Waals surface area contributed by atoms with Crippen LogP contribution in [0.1, 0.15) is 27.3 Å². The topological polar surface area (TPSA) is 45.7 Å². The van der Waals surface area contributed by atoms with E-state index in [4.69, 9.17) is 16.3 Å². The van der Waals surface area contributed by atoms with E-state index >= 15 is 0 Å². The molecule has 25 heavy (non-hydrogen) atoms. The van der Waals surface area contributed by atoms with Crippen LogP contribution in [-0.4, -0.2) is 53.4 Å². The smallest absolute Gasteiger partial charge is 0.265 e. The van der Waals surface area contributed by atoms with Gasteiger partial charge in [0.1, 0.15) is 22.2 Å². The summed E-state index contributed by atoms with van der Waals surface area (Å²) in [6.45, 7) is 8.86. The second kappa shape index (κ2) is 8.17. The van der Waals surface area contributed by atoms with Gasteiger partial charge in [-0.15, -0.1) is 11.3 Å². The standard InChI is InChI=1S/C18H22ClN3O2S/c1-3-21-8-10-22(11-9-21)18(23)17-13(2)20-16(25-17)12-24-15-6-4-14(19)5-7-15/h4-7H,3,8-12H2,1-2H3. The van der Waals surface area contributed by atoms with Crippen LogP contribution in [0.4, 0.5) is 0 Å². The molecule has 0 saturated carbocycles. The van der Waals surface area contributed by atoms with Gasteiger partial charge in [0.2, 0.25) is 0 Å². The highest BCUT2D eigenvalue weighted by Crippen LogP contribution is 2.23. The molecule has 134 valence electrons. The summed E-state index contributed by atoms with van der Waals surface area (Å²) < 4.78 is 5.73. The molecule has 0 N–H and O–H groups in total. The molecule has 5 nitrogen and oxygen atoms in total. The van der Waals surface area contributed by atoms with Gasteiger partial charge in [0, 0.05) is 31.2 Å². The highest BCUT2D eigenvalue weighted by molar-refractivity contribution is 7.13. The van der Waals surface area contributed by atoms with E-state index in [9.17, 15) is 4.79 Å². The molecule has 0 atom stereocenters. The zero-order chi connectivity index (χ0) is 17.8. The number of amides is 1.